The van der Waals surface area contributed by atoms with E-state index in [0.29, 0.717) is 5.56 Å². The van der Waals surface area contributed by atoms with Crippen molar-refractivity contribution < 1.29 is 9.90 Å². The quantitative estimate of drug-likeness (QED) is 0.905. The second-order valence-electron chi connectivity index (χ2n) is 5.13. The molecule has 0 saturated carbocycles. The lowest BCUT2D eigenvalue weighted by Gasteiger charge is -2.28. The molecule has 6 nitrogen and oxygen atoms in total. The summed E-state index contributed by atoms with van der Waals surface area (Å²) in [7, 11) is 1.86. The van der Waals surface area contributed by atoms with Crippen molar-refractivity contribution in [1.29, 1.82) is 0 Å². The minimum absolute atomic E-state index is 0.367. The van der Waals surface area contributed by atoms with Crippen molar-refractivity contribution in [3.8, 4) is 0 Å². The van der Waals surface area contributed by atoms with Crippen molar-refractivity contribution in [2.75, 3.05) is 6.54 Å². The van der Waals surface area contributed by atoms with Crippen molar-refractivity contribution in [1.82, 2.24) is 19.9 Å². The second kappa shape index (κ2) is 5.05. The van der Waals surface area contributed by atoms with Crippen LogP contribution in [0.2, 0.25) is 0 Å². The third kappa shape index (κ3) is 2.55. The number of benzene rings is 1. The molecule has 6 heteroatoms. The number of carboxylic acids is 1. The van der Waals surface area contributed by atoms with E-state index in [1.165, 1.54) is 5.56 Å². The molecule has 0 amide bonds. The molecule has 0 aliphatic carbocycles. The molecule has 0 saturated heterocycles. The molecule has 0 unspecified atom stereocenters. The zero-order valence-corrected chi connectivity index (χ0v) is 11.3. The SMILES string of the molecule is Cn1cc(CN2CCc3cc(C(=O)O)ccc3C2)nn1. The minimum Gasteiger partial charge on any atom is -0.478 e. The molecule has 104 valence electrons. The van der Waals surface area contributed by atoms with Crippen LogP contribution >= 0.6 is 0 Å². The van der Waals surface area contributed by atoms with E-state index in [9.17, 15) is 4.79 Å². The van der Waals surface area contributed by atoms with Gasteiger partial charge in [-0.15, -0.1) is 5.10 Å². The summed E-state index contributed by atoms with van der Waals surface area (Å²) >= 11 is 0. The molecule has 0 fully saturated rings. The average molecular weight is 272 g/mol. The summed E-state index contributed by atoms with van der Waals surface area (Å²) in [6.45, 7) is 2.51. The van der Waals surface area contributed by atoms with Crippen LogP contribution in [0.25, 0.3) is 0 Å². The Bertz CT molecular complexity index is 650. The van der Waals surface area contributed by atoms with Gasteiger partial charge in [0.1, 0.15) is 0 Å². The molecule has 2 aromatic rings. The summed E-state index contributed by atoms with van der Waals surface area (Å²) in [5, 5.41) is 17.0. The van der Waals surface area contributed by atoms with Gasteiger partial charge in [0.25, 0.3) is 0 Å². The fourth-order valence-corrected chi connectivity index (χ4v) is 2.58. The van der Waals surface area contributed by atoms with Crippen molar-refractivity contribution >= 4 is 5.97 Å². The number of rotatable bonds is 3. The largest absolute Gasteiger partial charge is 0.478 e. The van der Waals surface area contributed by atoms with Crippen LogP contribution in [0.5, 0.6) is 0 Å². The fourth-order valence-electron chi connectivity index (χ4n) is 2.58. The molecule has 1 aliphatic heterocycles. The van der Waals surface area contributed by atoms with E-state index in [-0.39, 0.29) is 0 Å². The normalized spacial score (nSPS) is 15.1. The van der Waals surface area contributed by atoms with E-state index in [0.717, 1.165) is 37.3 Å². The Hall–Kier alpha value is -2.21. The van der Waals surface area contributed by atoms with Gasteiger partial charge in [0.2, 0.25) is 0 Å². The van der Waals surface area contributed by atoms with Crippen LogP contribution in [0, 0.1) is 0 Å². The summed E-state index contributed by atoms with van der Waals surface area (Å²) in [4.78, 5) is 13.3. The highest BCUT2D eigenvalue weighted by molar-refractivity contribution is 5.87. The molecule has 1 aliphatic rings. The molecule has 0 spiro atoms. The lowest BCUT2D eigenvalue weighted by atomic mass is 9.97. The number of aromatic nitrogens is 3. The highest BCUT2D eigenvalue weighted by atomic mass is 16.4. The molecule has 1 aromatic heterocycles. The third-order valence-corrected chi connectivity index (χ3v) is 3.58. The van der Waals surface area contributed by atoms with E-state index >= 15 is 0 Å². The number of hydrogen-bond donors (Lipinski definition) is 1. The summed E-state index contributed by atoms with van der Waals surface area (Å²) in [5.41, 5.74) is 3.66. The number of aromatic carboxylic acids is 1. The summed E-state index contributed by atoms with van der Waals surface area (Å²) in [5.74, 6) is -0.866. The number of hydrogen-bond acceptors (Lipinski definition) is 4. The molecule has 0 radical (unpaired) electrons. The Balaban J connectivity index is 1.73. The van der Waals surface area contributed by atoms with E-state index in [1.54, 1.807) is 16.8 Å². The standard InChI is InChI=1S/C14H16N4O2/c1-17-8-13(15-16-17)9-18-5-4-10-6-11(14(19)20)2-3-12(10)7-18/h2-3,6,8H,4-5,7,9H2,1H3,(H,19,20). The molecular formula is C14H16N4O2. The number of carboxylic acid groups (broad SMARTS) is 1. The zero-order valence-electron chi connectivity index (χ0n) is 11.3. The minimum atomic E-state index is -0.866. The highest BCUT2D eigenvalue weighted by Crippen LogP contribution is 2.21. The van der Waals surface area contributed by atoms with Gasteiger partial charge in [-0.3, -0.25) is 9.58 Å². The third-order valence-electron chi connectivity index (χ3n) is 3.58. The van der Waals surface area contributed by atoms with Gasteiger partial charge in [0.15, 0.2) is 0 Å². The van der Waals surface area contributed by atoms with Gasteiger partial charge in [-0.05, 0) is 29.7 Å². The van der Waals surface area contributed by atoms with Crippen LogP contribution in [-0.2, 0) is 26.6 Å². The molecule has 1 N–H and O–H groups in total. The topological polar surface area (TPSA) is 71.2 Å². The first-order chi connectivity index (χ1) is 9.61. The maximum atomic E-state index is 11.0. The van der Waals surface area contributed by atoms with Gasteiger partial charge in [-0.2, -0.15) is 0 Å². The van der Waals surface area contributed by atoms with E-state index in [2.05, 4.69) is 15.2 Å². The number of nitrogens with zero attached hydrogens (tertiary/aromatic N) is 4. The molecule has 1 aromatic carbocycles. The van der Waals surface area contributed by atoms with Gasteiger partial charge in [-0.1, -0.05) is 11.3 Å². The van der Waals surface area contributed by atoms with Gasteiger partial charge < -0.3 is 5.11 Å². The predicted octanol–water partition coefficient (Wildman–Crippen LogP) is 1.07. The van der Waals surface area contributed by atoms with Gasteiger partial charge >= 0.3 is 5.97 Å². The fraction of sp³-hybridized carbons (Fsp3) is 0.357. The first-order valence-electron chi connectivity index (χ1n) is 6.54. The summed E-state index contributed by atoms with van der Waals surface area (Å²) < 4.78 is 1.70. The highest BCUT2D eigenvalue weighted by Gasteiger charge is 2.18. The average Bonchev–Trinajstić information content (AvgIpc) is 2.83. The van der Waals surface area contributed by atoms with Gasteiger partial charge in [0, 0.05) is 32.9 Å². The van der Waals surface area contributed by atoms with Crippen LogP contribution in [0.1, 0.15) is 27.2 Å². The smallest absolute Gasteiger partial charge is 0.335 e. The Morgan fingerprint density at radius 1 is 1.40 bits per heavy atom. The maximum absolute atomic E-state index is 11.0. The van der Waals surface area contributed by atoms with E-state index in [4.69, 9.17) is 5.11 Å². The van der Waals surface area contributed by atoms with Crippen LogP contribution < -0.4 is 0 Å². The first-order valence-corrected chi connectivity index (χ1v) is 6.54. The lowest BCUT2D eigenvalue weighted by molar-refractivity contribution is 0.0696. The maximum Gasteiger partial charge on any atom is 0.335 e. The monoisotopic (exact) mass is 272 g/mol. The summed E-state index contributed by atoms with van der Waals surface area (Å²) in [6.07, 6.45) is 2.79. The summed E-state index contributed by atoms with van der Waals surface area (Å²) in [6, 6.07) is 5.38. The molecular weight excluding hydrogens is 256 g/mol. The molecule has 2 heterocycles. The number of aryl methyl sites for hydroxylation is 1. The lowest BCUT2D eigenvalue weighted by Crippen LogP contribution is -2.30. The van der Waals surface area contributed by atoms with Gasteiger partial charge in [-0.25, -0.2) is 4.79 Å². The zero-order chi connectivity index (χ0) is 14.1. The Kier molecular flexibility index (Phi) is 3.23. The van der Waals surface area contributed by atoms with Gasteiger partial charge in [0.05, 0.1) is 11.3 Å². The Morgan fingerprint density at radius 2 is 2.25 bits per heavy atom. The second-order valence-corrected chi connectivity index (χ2v) is 5.13. The van der Waals surface area contributed by atoms with Crippen LogP contribution in [-0.4, -0.2) is 37.5 Å². The van der Waals surface area contributed by atoms with Crippen molar-refractivity contribution in [2.45, 2.75) is 19.5 Å². The molecule has 20 heavy (non-hydrogen) atoms. The van der Waals surface area contributed by atoms with Crippen molar-refractivity contribution in [3.05, 3.63) is 46.8 Å². The van der Waals surface area contributed by atoms with Crippen molar-refractivity contribution in [3.63, 3.8) is 0 Å². The Morgan fingerprint density at radius 3 is 2.95 bits per heavy atom. The first kappa shape index (κ1) is 12.8. The van der Waals surface area contributed by atoms with Crippen LogP contribution in [0.3, 0.4) is 0 Å². The molecule has 0 atom stereocenters. The van der Waals surface area contributed by atoms with E-state index in [1.807, 2.05) is 19.3 Å². The Labute approximate surface area is 116 Å². The molecule has 3 rings (SSSR count). The van der Waals surface area contributed by atoms with E-state index < -0.39 is 5.97 Å². The van der Waals surface area contributed by atoms with Crippen LogP contribution in [0.15, 0.2) is 24.4 Å². The van der Waals surface area contributed by atoms with Crippen LogP contribution in [0.4, 0.5) is 0 Å². The predicted molar refractivity (Wildman–Crippen MR) is 72.2 cm³/mol. The number of fused-ring (bicyclic) bond motifs is 1. The molecule has 0 bridgehead atoms. The number of carbonyl (C=O) groups is 1. The van der Waals surface area contributed by atoms with Crippen molar-refractivity contribution in [2.24, 2.45) is 7.05 Å².